The fourth-order valence-corrected chi connectivity index (χ4v) is 1.30. The van der Waals surface area contributed by atoms with E-state index in [4.69, 9.17) is 4.74 Å². The SMILES string of the molecule is COCCN(C(=O)CNC(C)(C)C)C(C)C. The van der Waals surface area contributed by atoms with Gasteiger partial charge in [-0.1, -0.05) is 0 Å². The van der Waals surface area contributed by atoms with Crippen LogP contribution in [0.3, 0.4) is 0 Å². The molecule has 0 rings (SSSR count). The van der Waals surface area contributed by atoms with Gasteiger partial charge in [-0.25, -0.2) is 0 Å². The van der Waals surface area contributed by atoms with E-state index >= 15 is 0 Å². The van der Waals surface area contributed by atoms with Gasteiger partial charge in [0.1, 0.15) is 0 Å². The highest BCUT2D eigenvalue weighted by Crippen LogP contribution is 2.01. The minimum Gasteiger partial charge on any atom is -0.383 e. The number of methoxy groups -OCH3 is 1. The lowest BCUT2D eigenvalue weighted by molar-refractivity contribution is -0.132. The summed E-state index contributed by atoms with van der Waals surface area (Å²) in [6.07, 6.45) is 0. The van der Waals surface area contributed by atoms with Crippen molar-refractivity contribution in [3.8, 4) is 0 Å². The highest BCUT2D eigenvalue weighted by atomic mass is 16.5. The van der Waals surface area contributed by atoms with Gasteiger partial charge in [-0.3, -0.25) is 4.79 Å². The van der Waals surface area contributed by atoms with Gasteiger partial charge in [0.05, 0.1) is 13.2 Å². The Morgan fingerprint density at radius 3 is 2.31 bits per heavy atom. The minimum absolute atomic E-state index is 0.0282. The molecular weight excluding hydrogens is 204 g/mol. The van der Waals surface area contributed by atoms with Crippen LogP contribution < -0.4 is 5.32 Å². The zero-order valence-corrected chi connectivity index (χ0v) is 11.5. The van der Waals surface area contributed by atoms with Gasteiger partial charge in [0.2, 0.25) is 5.91 Å². The van der Waals surface area contributed by atoms with E-state index in [1.807, 2.05) is 18.7 Å². The van der Waals surface area contributed by atoms with E-state index in [9.17, 15) is 4.79 Å². The average molecular weight is 230 g/mol. The van der Waals surface area contributed by atoms with E-state index < -0.39 is 0 Å². The molecule has 1 N–H and O–H groups in total. The predicted octanol–water partition coefficient (Wildman–Crippen LogP) is 1.26. The lowest BCUT2D eigenvalue weighted by Gasteiger charge is -2.28. The molecule has 0 heterocycles. The largest absolute Gasteiger partial charge is 0.383 e. The maximum absolute atomic E-state index is 11.9. The van der Waals surface area contributed by atoms with E-state index in [1.54, 1.807) is 7.11 Å². The van der Waals surface area contributed by atoms with E-state index in [0.717, 1.165) is 0 Å². The Balaban J connectivity index is 4.17. The summed E-state index contributed by atoms with van der Waals surface area (Å²) in [5, 5.41) is 3.20. The number of nitrogens with one attached hydrogen (secondary N) is 1. The molecule has 4 heteroatoms. The molecule has 4 nitrogen and oxygen atoms in total. The topological polar surface area (TPSA) is 41.6 Å². The molecule has 0 aliphatic rings. The van der Waals surface area contributed by atoms with Gasteiger partial charge >= 0.3 is 0 Å². The smallest absolute Gasteiger partial charge is 0.236 e. The summed E-state index contributed by atoms with van der Waals surface area (Å²) in [5.74, 6) is 0.127. The summed E-state index contributed by atoms with van der Waals surface area (Å²) >= 11 is 0. The molecule has 16 heavy (non-hydrogen) atoms. The molecule has 96 valence electrons. The van der Waals surface area contributed by atoms with Crippen molar-refractivity contribution in [1.29, 1.82) is 0 Å². The Morgan fingerprint density at radius 1 is 1.38 bits per heavy atom. The summed E-state index contributed by atoms with van der Waals surface area (Å²) in [5.41, 5.74) is -0.0282. The van der Waals surface area contributed by atoms with Crippen LogP contribution in [0.2, 0.25) is 0 Å². The molecule has 0 fully saturated rings. The van der Waals surface area contributed by atoms with Gasteiger partial charge in [0.25, 0.3) is 0 Å². The lowest BCUT2D eigenvalue weighted by Crippen LogP contribution is -2.47. The van der Waals surface area contributed by atoms with Crippen LogP contribution in [0.4, 0.5) is 0 Å². The third-order valence-electron chi connectivity index (χ3n) is 2.25. The quantitative estimate of drug-likeness (QED) is 0.747. The van der Waals surface area contributed by atoms with E-state index in [0.29, 0.717) is 19.7 Å². The first-order valence-corrected chi connectivity index (χ1v) is 5.81. The second kappa shape index (κ2) is 6.86. The van der Waals surface area contributed by atoms with Crippen molar-refractivity contribution in [2.75, 3.05) is 26.8 Å². The summed E-state index contributed by atoms with van der Waals surface area (Å²) < 4.78 is 5.00. The summed E-state index contributed by atoms with van der Waals surface area (Å²) in [6.45, 7) is 11.8. The van der Waals surface area contributed by atoms with Crippen molar-refractivity contribution in [1.82, 2.24) is 10.2 Å². The van der Waals surface area contributed by atoms with Gasteiger partial charge in [-0.2, -0.15) is 0 Å². The first-order chi connectivity index (χ1) is 7.28. The molecule has 0 unspecified atom stereocenters. The Bertz CT molecular complexity index is 210. The molecule has 0 aromatic rings. The van der Waals surface area contributed by atoms with Crippen molar-refractivity contribution in [2.45, 2.75) is 46.2 Å². The van der Waals surface area contributed by atoms with Crippen LogP contribution in [-0.2, 0) is 9.53 Å². The summed E-state index contributed by atoms with van der Waals surface area (Å²) in [6, 6.07) is 0.212. The number of amides is 1. The van der Waals surface area contributed by atoms with Crippen molar-refractivity contribution < 1.29 is 9.53 Å². The Morgan fingerprint density at radius 2 is 1.94 bits per heavy atom. The second-order valence-electron chi connectivity index (χ2n) is 5.28. The van der Waals surface area contributed by atoms with Crippen LogP contribution in [0, 0.1) is 0 Å². The van der Waals surface area contributed by atoms with Crippen LogP contribution in [0.5, 0.6) is 0 Å². The number of carbonyl (C=O) groups is 1. The Hall–Kier alpha value is -0.610. The van der Waals surface area contributed by atoms with Crippen LogP contribution in [-0.4, -0.2) is 49.2 Å². The van der Waals surface area contributed by atoms with E-state index in [2.05, 4.69) is 26.1 Å². The van der Waals surface area contributed by atoms with Crippen LogP contribution in [0.15, 0.2) is 0 Å². The summed E-state index contributed by atoms with van der Waals surface area (Å²) in [7, 11) is 1.65. The second-order valence-corrected chi connectivity index (χ2v) is 5.28. The molecule has 0 saturated carbocycles. The average Bonchev–Trinajstić information content (AvgIpc) is 2.13. The van der Waals surface area contributed by atoms with Gasteiger partial charge < -0.3 is 15.0 Å². The highest BCUT2D eigenvalue weighted by Gasteiger charge is 2.18. The fourth-order valence-electron chi connectivity index (χ4n) is 1.30. The number of hydrogen-bond donors (Lipinski definition) is 1. The molecule has 0 bridgehead atoms. The molecule has 0 spiro atoms. The number of carbonyl (C=O) groups excluding carboxylic acids is 1. The first kappa shape index (κ1) is 15.4. The predicted molar refractivity (Wildman–Crippen MR) is 66.5 cm³/mol. The molecule has 1 amide bonds. The molecule has 0 aliphatic carbocycles. The van der Waals surface area contributed by atoms with Crippen molar-refractivity contribution >= 4 is 5.91 Å². The number of rotatable bonds is 6. The maximum atomic E-state index is 11.9. The molecule has 0 saturated heterocycles. The van der Waals surface area contributed by atoms with E-state index in [1.165, 1.54) is 0 Å². The Kier molecular flexibility index (Phi) is 6.60. The molecule has 0 aromatic heterocycles. The maximum Gasteiger partial charge on any atom is 0.236 e. The molecule has 0 aliphatic heterocycles. The van der Waals surface area contributed by atoms with Crippen LogP contribution in [0.25, 0.3) is 0 Å². The van der Waals surface area contributed by atoms with Gasteiger partial charge in [0, 0.05) is 25.2 Å². The lowest BCUT2D eigenvalue weighted by atomic mass is 10.1. The van der Waals surface area contributed by atoms with Crippen molar-refractivity contribution in [3.63, 3.8) is 0 Å². The zero-order valence-electron chi connectivity index (χ0n) is 11.5. The minimum atomic E-state index is -0.0282. The zero-order chi connectivity index (χ0) is 12.8. The highest BCUT2D eigenvalue weighted by molar-refractivity contribution is 5.78. The Labute approximate surface area is 99.3 Å². The standard InChI is InChI=1S/C12H26N2O2/c1-10(2)14(7-8-16-6)11(15)9-13-12(3,4)5/h10,13H,7-9H2,1-6H3. The number of nitrogens with zero attached hydrogens (tertiary/aromatic N) is 1. The van der Waals surface area contributed by atoms with Crippen molar-refractivity contribution in [2.24, 2.45) is 0 Å². The fraction of sp³-hybridized carbons (Fsp3) is 0.917. The monoisotopic (exact) mass is 230 g/mol. The molecule has 0 radical (unpaired) electrons. The third-order valence-corrected chi connectivity index (χ3v) is 2.25. The van der Waals surface area contributed by atoms with Gasteiger partial charge in [-0.05, 0) is 34.6 Å². The molecule has 0 aromatic carbocycles. The molecular formula is C12H26N2O2. The molecule has 0 atom stereocenters. The first-order valence-electron chi connectivity index (χ1n) is 5.81. The third kappa shape index (κ3) is 6.80. The van der Waals surface area contributed by atoms with E-state index in [-0.39, 0.29) is 17.5 Å². The van der Waals surface area contributed by atoms with Crippen molar-refractivity contribution in [3.05, 3.63) is 0 Å². The van der Waals surface area contributed by atoms with Gasteiger partial charge in [-0.15, -0.1) is 0 Å². The number of hydrogen-bond acceptors (Lipinski definition) is 3. The summed E-state index contributed by atoms with van der Waals surface area (Å²) in [4.78, 5) is 13.8. The van der Waals surface area contributed by atoms with Crippen LogP contribution >= 0.6 is 0 Å². The van der Waals surface area contributed by atoms with Crippen LogP contribution in [0.1, 0.15) is 34.6 Å². The normalized spacial score (nSPS) is 11.9. The van der Waals surface area contributed by atoms with Gasteiger partial charge in [0.15, 0.2) is 0 Å². The number of ether oxygens (including phenoxy) is 1.